The standard InChI is InChI=1S/C19H25N7O2/c1-13(2)26-6-5-20-18(26)11-25-7-8-28-12-15(25)10-19(27)21-14-3-4-16-17(9-14)23-24-22-16/h3-6,9,13,15H,7-8,10-12H2,1-2H3,(H,21,27)(H,22,23,24)/t15-/m0/s1. The van der Waals surface area contributed by atoms with E-state index in [9.17, 15) is 4.79 Å². The molecule has 4 rings (SSSR count). The minimum Gasteiger partial charge on any atom is -0.378 e. The number of aromatic nitrogens is 5. The molecule has 3 aromatic rings. The number of rotatable bonds is 6. The fraction of sp³-hybridized carbons (Fsp3) is 0.474. The van der Waals surface area contributed by atoms with Gasteiger partial charge in [0.2, 0.25) is 5.91 Å². The quantitative estimate of drug-likeness (QED) is 0.675. The van der Waals surface area contributed by atoms with Crippen LogP contribution in [0.4, 0.5) is 5.69 Å². The monoisotopic (exact) mass is 383 g/mol. The molecule has 1 amide bonds. The van der Waals surface area contributed by atoms with Gasteiger partial charge in [0.1, 0.15) is 16.9 Å². The van der Waals surface area contributed by atoms with Gasteiger partial charge >= 0.3 is 0 Å². The van der Waals surface area contributed by atoms with E-state index in [-0.39, 0.29) is 11.9 Å². The Labute approximate surface area is 163 Å². The molecule has 1 atom stereocenters. The van der Waals surface area contributed by atoms with Crippen molar-refractivity contribution in [2.75, 3.05) is 25.1 Å². The van der Waals surface area contributed by atoms with E-state index < -0.39 is 0 Å². The Bertz CT molecular complexity index is 949. The number of nitrogens with zero attached hydrogens (tertiary/aromatic N) is 5. The van der Waals surface area contributed by atoms with Gasteiger partial charge in [-0.15, -0.1) is 0 Å². The van der Waals surface area contributed by atoms with E-state index in [0.29, 0.717) is 37.9 Å². The molecule has 0 aliphatic carbocycles. The van der Waals surface area contributed by atoms with E-state index >= 15 is 0 Å². The van der Waals surface area contributed by atoms with Crippen molar-refractivity contribution in [3.63, 3.8) is 0 Å². The van der Waals surface area contributed by atoms with Crippen LogP contribution in [0.1, 0.15) is 32.1 Å². The summed E-state index contributed by atoms with van der Waals surface area (Å²) in [5, 5.41) is 13.6. The first kappa shape index (κ1) is 18.6. The summed E-state index contributed by atoms with van der Waals surface area (Å²) in [6.07, 6.45) is 4.19. The van der Waals surface area contributed by atoms with Crippen LogP contribution < -0.4 is 5.32 Å². The summed E-state index contributed by atoms with van der Waals surface area (Å²) in [6, 6.07) is 5.84. The number of H-pyrrole nitrogens is 1. The van der Waals surface area contributed by atoms with Crippen LogP contribution in [-0.2, 0) is 16.1 Å². The second-order valence-corrected chi connectivity index (χ2v) is 7.32. The van der Waals surface area contributed by atoms with E-state index in [0.717, 1.165) is 23.4 Å². The maximum absolute atomic E-state index is 12.6. The fourth-order valence-electron chi connectivity index (χ4n) is 3.55. The average molecular weight is 383 g/mol. The second-order valence-electron chi connectivity index (χ2n) is 7.32. The van der Waals surface area contributed by atoms with Crippen molar-refractivity contribution in [2.45, 2.75) is 38.9 Å². The van der Waals surface area contributed by atoms with Crippen molar-refractivity contribution in [2.24, 2.45) is 0 Å². The number of fused-ring (bicyclic) bond motifs is 1. The molecule has 148 valence electrons. The lowest BCUT2D eigenvalue weighted by molar-refractivity contribution is -0.119. The smallest absolute Gasteiger partial charge is 0.226 e. The van der Waals surface area contributed by atoms with Crippen LogP contribution in [0.25, 0.3) is 11.0 Å². The maximum atomic E-state index is 12.6. The predicted molar refractivity (Wildman–Crippen MR) is 105 cm³/mol. The normalized spacial score (nSPS) is 18.0. The maximum Gasteiger partial charge on any atom is 0.226 e. The Kier molecular flexibility index (Phi) is 5.36. The zero-order chi connectivity index (χ0) is 19.5. The van der Waals surface area contributed by atoms with Crippen molar-refractivity contribution >= 4 is 22.6 Å². The molecule has 9 heteroatoms. The third-order valence-electron chi connectivity index (χ3n) is 5.02. The highest BCUT2D eigenvalue weighted by Crippen LogP contribution is 2.19. The van der Waals surface area contributed by atoms with Gasteiger partial charge in [-0.3, -0.25) is 9.69 Å². The second kappa shape index (κ2) is 8.07. The molecule has 0 spiro atoms. The summed E-state index contributed by atoms with van der Waals surface area (Å²) < 4.78 is 7.80. The van der Waals surface area contributed by atoms with Gasteiger partial charge in [0.25, 0.3) is 0 Å². The number of hydrogen-bond acceptors (Lipinski definition) is 6. The molecule has 1 aliphatic rings. The zero-order valence-electron chi connectivity index (χ0n) is 16.1. The Morgan fingerprint density at radius 1 is 1.36 bits per heavy atom. The lowest BCUT2D eigenvalue weighted by Gasteiger charge is -2.35. The summed E-state index contributed by atoms with van der Waals surface area (Å²) in [7, 11) is 0. The molecular weight excluding hydrogens is 358 g/mol. The molecule has 0 unspecified atom stereocenters. The van der Waals surface area contributed by atoms with Crippen LogP contribution in [-0.4, -0.2) is 61.6 Å². The minimum atomic E-state index is -0.0458. The highest BCUT2D eigenvalue weighted by molar-refractivity contribution is 5.93. The van der Waals surface area contributed by atoms with Crippen LogP contribution in [0.5, 0.6) is 0 Å². The Morgan fingerprint density at radius 3 is 3.07 bits per heavy atom. The van der Waals surface area contributed by atoms with Gasteiger partial charge in [-0.05, 0) is 32.0 Å². The molecule has 3 heterocycles. The lowest BCUT2D eigenvalue weighted by Crippen LogP contribution is -2.46. The van der Waals surface area contributed by atoms with Crippen LogP contribution in [0.3, 0.4) is 0 Å². The first-order valence-corrected chi connectivity index (χ1v) is 9.54. The summed E-state index contributed by atoms with van der Waals surface area (Å²) in [6.45, 7) is 6.98. The van der Waals surface area contributed by atoms with Crippen LogP contribution in [0.15, 0.2) is 30.6 Å². The van der Waals surface area contributed by atoms with Crippen LogP contribution >= 0.6 is 0 Å². The van der Waals surface area contributed by atoms with E-state index in [2.05, 4.69) is 49.0 Å². The van der Waals surface area contributed by atoms with Crippen molar-refractivity contribution < 1.29 is 9.53 Å². The highest BCUT2D eigenvalue weighted by atomic mass is 16.5. The van der Waals surface area contributed by atoms with Crippen molar-refractivity contribution in [1.82, 2.24) is 29.9 Å². The first-order chi connectivity index (χ1) is 13.6. The molecule has 0 bridgehead atoms. The van der Waals surface area contributed by atoms with Crippen LogP contribution in [0, 0.1) is 0 Å². The Hall–Kier alpha value is -2.78. The van der Waals surface area contributed by atoms with Gasteiger partial charge in [-0.2, -0.15) is 15.4 Å². The first-order valence-electron chi connectivity index (χ1n) is 9.54. The van der Waals surface area contributed by atoms with Gasteiger partial charge in [0, 0.05) is 43.1 Å². The summed E-state index contributed by atoms with van der Waals surface area (Å²) in [5.41, 5.74) is 2.21. The fourth-order valence-corrected chi connectivity index (χ4v) is 3.55. The van der Waals surface area contributed by atoms with Crippen LogP contribution in [0.2, 0.25) is 0 Å². The number of morpholine rings is 1. The van der Waals surface area contributed by atoms with Crippen molar-refractivity contribution in [3.05, 3.63) is 36.4 Å². The SMILES string of the molecule is CC(C)n1ccnc1CN1CCOC[C@@H]1CC(=O)Nc1ccc2n[nH]nc2c1. The third-order valence-corrected chi connectivity index (χ3v) is 5.02. The van der Waals surface area contributed by atoms with E-state index in [1.165, 1.54) is 0 Å². The molecule has 1 saturated heterocycles. The Morgan fingerprint density at radius 2 is 2.21 bits per heavy atom. The Balaban J connectivity index is 1.41. The number of carbonyl (C=O) groups excluding carboxylic acids is 1. The van der Waals surface area contributed by atoms with Gasteiger partial charge < -0.3 is 14.6 Å². The summed E-state index contributed by atoms with van der Waals surface area (Å²) in [4.78, 5) is 19.4. The summed E-state index contributed by atoms with van der Waals surface area (Å²) >= 11 is 0. The topological polar surface area (TPSA) is 101 Å². The molecule has 9 nitrogen and oxygen atoms in total. The number of anilines is 1. The number of amides is 1. The average Bonchev–Trinajstić information content (AvgIpc) is 3.32. The molecule has 1 aliphatic heterocycles. The van der Waals surface area contributed by atoms with Gasteiger partial charge in [-0.25, -0.2) is 4.98 Å². The third kappa shape index (κ3) is 4.05. The predicted octanol–water partition coefficient (Wildman–Crippen LogP) is 1.96. The molecule has 0 radical (unpaired) electrons. The molecule has 2 aromatic heterocycles. The zero-order valence-corrected chi connectivity index (χ0v) is 16.1. The van der Waals surface area contributed by atoms with Gasteiger partial charge in [-0.1, -0.05) is 0 Å². The number of ether oxygens (including phenoxy) is 1. The van der Waals surface area contributed by atoms with Gasteiger partial charge in [0.15, 0.2) is 0 Å². The van der Waals surface area contributed by atoms with E-state index in [1.54, 1.807) is 0 Å². The van der Waals surface area contributed by atoms with E-state index in [1.807, 2.05) is 30.6 Å². The lowest BCUT2D eigenvalue weighted by atomic mass is 10.1. The number of carbonyl (C=O) groups is 1. The molecule has 0 saturated carbocycles. The molecule has 1 aromatic carbocycles. The highest BCUT2D eigenvalue weighted by Gasteiger charge is 2.27. The number of nitrogens with one attached hydrogen (secondary N) is 2. The molecule has 28 heavy (non-hydrogen) atoms. The minimum absolute atomic E-state index is 0.0156. The largest absolute Gasteiger partial charge is 0.378 e. The number of benzene rings is 1. The summed E-state index contributed by atoms with van der Waals surface area (Å²) in [5.74, 6) is 0.967. The number of hydrogen-bond donors (Lipinski definition) is 2. The molecular formula is C19H25N7O2. The van der Waals surface area contributed by atoms with Gasteiger partial charge in [0.05, 0.1) is 19.8 Å². The van der Waals surface area contributed by atoms with Crippen molar-refractivity contribution in [1.29, 1.82) is 0 Å². The number of imidazole rings is 1. The van der Waals surface area contributed by atoms with Crippen molar-refractivity contribution in [3.8, 4) is 0 Å². The molecule has 1 fully saturated rings. The molecule has 2 N–H and O–H groups in total. The number of aromatic amines is 1. The van der Waals surface area contributed by atoms with E-state index in [4.69, 9.17) is 4.74 Å².